The number of hydrogen-bond acceptors (Lipinski definition) is 4. The molecule has 2 rings (SSSR count). The number of rotatable bonds is 8. The quantitative estimate of drug-likeness (QED) is 0.741. The number of hydrogen-bond donors (Lipinski definition) is 1. The fourth-order valence-corrected chi connectivity index (χ4v) is 3.40. The maximum absolute atomic E-state index is 5.60. The zero-order valence-electron chi connectivity index (χ0n) is 10.5. The first-order valence-corrected chi connectivity index (χ1v) is 8.10. The Hall–Kier alpha value is 0.0600. The molecule has 1 atom stereocenters. The lowest BCUT2D eigenvalue weighted by atomic mass is 10.2. The van der Waals surface area contributed by atoms with Crippen molar-refractivity contribution in [3.05, 3.63) is 20.8 Å². The van der Waals surface area contributed by atoms with Crippen molar-refractivity contribution in [1.82, 2.24) is 5.32 Å². The summed E-state index contributed by atoms with van der Waals surface area (Å²) in [7, 11) is 0. The zero-order valence-corrected chi connectivity index (χ0v) is 12.9. The van der Waals surface area contributed by atoms with Crippen molar-refractivity contribution >= 4 is 27.3 Å². The van der Waals surface area contributed by atoms with Crippen molar-refractivity contribution < 1.29 is 9.47 Å². The molecule has 3 nitrogen and oxygen atoms in total. The minimum atomic E-state index is 0.349. The van der Waals surface area contributed by atoms with Crippen LogP contribution in [0.15, 0.2) is 15.9 Å². The summed E-state index contributed by atoms with van der Waals surface area (Å²) in [5.41, 5.74) is 0. The normalized spacial score (nSPS) is 19.5. The van der Waals surface area contributed by atoms with Crippen molar-refractivity contribution in [2.75, 3.05) is 26.4 Å². The van der Waals surface area contributed by atoms with Crippen LogP contribution in [0.4, 0.5) is 0 Å². The molecule has 0 spiro atoms. The van der Waals surface area contributed by atoms with E-state index in [4.69, 9.17) is 9.47 Å². The van der Waals surface area contributed by atoms with Crippen LogP contribution in [0.3, 0.4) is 0 Å². The summed E-state index contributed by atoms with van der Waals surface area (Å²) in [5, 5.41) is 3.42. The molecule has 1 saturated heterocycles. The van der Waals surface area contributed by atoms with Crippen LogP contribution in [0.5, 0.6) is 0 Å². The van der Waals surface area contributed by atoms with Crippen LogP contribution >= 0.6 is 27.3 Å². The van der Waals surface area contributed by atoms with Gasteiger partial charge in [0.1, 0.15) is 0 Å². The average Bonchev–Trinajstić information content (AvgIpc) is 3.00. The Morgan fingerprint density at radius 2 is 2.44 bits per heavy atom. The molecule has 1 aliphatic heterocycles. The van der Waals surface area contributed by atoms with Gasteiger partial charge >= 0.3 is 0 Å². The standard InChI is InChI=1S/C13H20BrNO2S/c14-13-5-4-12(18-13)9-15-6-2-7-16-10-11-3-1-8-17-11/h4-5,11,15H,1-3,6-10H2. The molecular weight excluding hydrogens is 314 g/mol. The summed E-state index contributed by atoms with van der Waals surface area (Å²) in [5.74, 6) is 0. The molecule has 1 aromatic heterocycles. The highest BCUT2D eigenvalue weighted by atomic mass is 79.9. The first kappa shape index (κ1) is 14.5. The van der Waals surface area contributed by atoms with Crippen LogP contribution < -0.4 is 5.32 Å². The number of thiophene rings is 1. The summed E-state index contributed by atoms with van der Waals surface area (Å²) in [6.07, 6.45) is 3.75. The fourth-order valence-electron chi connectivity index (χ4n) is 1.95. The van der Waals surface area contributed by atoms with Crippen molar-refractivity contribution in [2.45, 2.75) is 31.9 Å². The molecule has 0 aromatic carbocycles. The van der Waals surface area contributed by atoms with Gasteiger partial charge in [-0.1, -0.05) is 0 Å². The predicted molar refractivity (Wildman–Crippen MR) is 78.1 cm³/mol. The summed E-state index contributed by atoms with van der Waals surface area (Å²) < 4.78 is 12.3. The van der Waals surface area contributed by atoms with Crippen LogP contribution in [0, 0.1) is 0 Å². The average molecular weight is 334 g/mol. The van der Waals surface area contributed by atoms with Gasteiger partial charge in [-0.05, 0) is 53.9 Å². The van der Waals surface area contributed by atoms with E-state index in [0.717, 1.165) is 45.8 Å². The third-order valence-electron chi connectivity index (χ3n) is 2.90. The minimum Gasteiger partial charge on any atom is -0.379 e. The predicted octanol–water partition coefficient (Wildman–Crippen LogP) is 3.19. The van der Waals surface area contributed by atoms with Crippen molar-refractivity contribution in [3.8, 4) is 0 Å². The van der Waals surface area contributed by atoms with E-state index in [0.29, 0.717) is 6.10 Å². The van der Waals surface area contributed by atoms with Gasteiger partial charge in [0.15, 0.2) is 0 Å². The molecule has 1 unspecified atom stereocenters. The van der Waals surface area contributed by atoms with Crippen LogP contribution in [-0.4, -0.2) is 32.5 Å². The summed E-state index contributed by atoms with van der Waals surface area (Å²) >= 11 is 5.25. The highest BCUT2D eigenvalue weighted by Crippen LogP contribution is 2.21. The number of ether oxygens (including phenoxy) is 2. The van der Waals surface area contributed by atoms with Gasteiger partial charge in [-0.25, -0.2) is 0 Å². The largest absolute Gasteiger partial charge is 0.379 e. The summed E-state index contributed by atoms with van der Waals surface area (Å²) in [4.78, 5) is 1.36. The zero-order chi connectivity index (χ0) is 12.6. The second-order valence-corrected chi connectivity index (χ2v) is 6.99. The van der Waals surface area contributed by atoms with E-state index in [1.165, 1.54) is 15.1 Å². The highest BCUT2D eigenvalue weighted by Gasteiger charge is 2.14. The van der Waals surface area contributed by atoms with Gasteiger partial charge in [0, 0.05) is 24.6 Å². The molecule has 0 aliphatic carbocycles. The highest BCUT2D eigenvalue weighted by molar-refractivity contribution is 9.11. The molecule has 1 aliphatic rings. The van der Waals surface area contributed by atoms with E-state index in [-0.39, 0.29) is 0 Å². The van der Waals surface area contributed by atoms with Crippen molar-refractivity contribution in [1.29, 1.82) is 0 Å². The third kappa shape index (κ3) is 5.36. The Kier molecular flexibility index (Phi) is 6.65. The van der Waals surface area contributed by atoms with Gasteiger partial charge in [0.05, 0.1) is 16.5 Å². The lowest BCUT2D eigenvalue weighted by molar-refractivity contribution is 0.0166. The summed E-state index contributed by atoms with van der Waals surface area (Å²) in [6, 6.07) is 4.24. The van der Waals surface area contributed by atoms with Crippen LogP contribution in [0.2, 0.25) is 0 Å². The third-order valence-corrected chi connectivity index (χ3v) is 4.52. The fraction of sp³-hybridized carbons (Fsp3) is 0.692. The maximum atomic E-state index is 5.60. The Balaban J connectivity index is 1.41. The van der Waals surface area contributed by atoms with Gasteiger partial charge in [0.2, 0.25) is 0 Å². The molecule has 5 heteroatoms. The monoisotopic (exact) mass is 333 g/mol. The van der Waals surface area contributed by atoms with Crippen molar-refractivity contribution in [2.24, 2.45) is 0 Å². The minimum absolute atomic E-state index is 0.349. The van der Waals surface area contributed by atoms with Crippen molar-refractivity contribution in [3.63, 3.8) is 0 Å². The second-order valence-electron chi connectivity index (χ2n) is 4.45. The van der Waals surface area contributed by atoms with E-state index < -0.39 is 0 Å². The van der Waals surface area contributed by atoms with Crippen LogP contribution in [0.25, 0.3) is 0 Å². The van der Waals surface area contributed by atoms with Gasteiger partial charge in [0.25, 0.3) is 0 Å². The first-order chi connectivity index (χ1) is 8.84. The molecule has 0 radical (unpaired) electrons. The lowest BCUT2D eigenvalue weighted by Crippen LogP contribution is -2.18. The molecule has 0 amide bonds. The molecular formula is C13H20BrNO2S. The van der Waals surface area contributed by atoms with Gasteiger partial charge in [-0.3, -0.25) is 0 Å². The van der Waals surface area contributed by atoms with E-state index in [1.54, 1.807) is 11.3 Å². The summed E-state index contributed by atoms with van der Waals surface area (Å²) in [6.45, 7) is 4.44. The van der Waals surface area contributed by atoms with Gasteiger partial charge in [-0.2, -0.15) is 0 Å². The molecule has 18 heavy (non-hydrogen) atoms. The van der Waals surface area contributed by atoms with Gasteiger partial charge in [-0.15, -0.1) is 11.3 Å². The Bertz CT molecular complexity index is 339. The molecule has 0 saturated carbocycles. The Labute approximate surface area is 121 Å². The molecule has 1 aromatic rings. The van der Waals surface area contributed by atoms with E-state index in [9.17, 15) is 0 Å². The lowest BCUT2D eigenvalue weighted by Gasteiger charge is -2.10. The maximum Gasteiger partial charge on any atom is 0.0809 e. The molecule has 102 valence electrons. The molecule has 1 fully saturated rings. The van der Waals surface area contributed by atoms with E-state index >= 15 is 0 Å². The van der Waals surface area contributed by atoms with E-state index in [1.807, 2.05) is 0 Å². The second kappa shape index (κ2) is 8.27. The van der Waals surface area contributed by atoms with Crippen LogP contribution in [0.1, 0.15) is 24.1 Å². The Morgan fingerprint density at radius 3 is 3.17 bits per heavy atom. The number of nitrogens with one attached hydrogen (secondary N) is 1. The smallest absolute Gasteiger partial charge is 0.0809 e. The van der Waals surface area contributed by atoms with Gasteiger partial charge < -0.3 is 14.8 Å². The number of halogens is 1. The SMILES string of the molecule is Brc1ccc(CNCCCOCC2CCCO2)s1. The topological polar surface area (TPSA) is 30.5 Å². The Morgan fingerprint density at radius 1 is 1.50 bits per heavy atom. The first-order valence-electron chi connectivity index (χ1n) is 6.49. The molecule has 2 heterocycles. The molecule has 1 N–H and O–H groups in total. The molecule has 0 bridgehead atoms. The van der Waals surface area contributed by atoms with E-state index in [2.05, 4.69) is 33.4 Å². The van der Waals surface area contributed by atoms with Crippen LogP contribution in [-0.2, 0) is 16.0 Å².